The average Bonchev–Trinajstić information content (AvgIpc) is 2.38. The predicted molar refractivity (Wildman–Crippen MR) is 60.5 cm³/mol. The van der Waals surface area contributed by atoms with Gasteiger partial charge in [0.15, 0.2) is 0 Å². The molecule has 0 aromatic heterocycles. The lowest BCUT2D eigenvalue weighted by atomic mass is 10.3. The first-order valence-corrected chi connectivity index (χ1v) is 5.64. The molecule has 0 saturated carbocycles. The van der Waals surface area contributed by atoms with E-state index >= 15 is 0 Å². The Balaban J connectivity index is 2.52. The Hall–Kier alpha value is -1.93. The summed E-state index contributed by atoms with van der Waals surface area (Å²) in [6.45, 7) is -0.802. The lowest BCUT2D eigenvalue weighted by molar-refractivity contribution is -0.274. The number of ether oxygens (including phenoxy) is 1. The molecule has 0 heterocycles. The van der Waals surface area contributed by atoms with Crippen LogP contribution in [-0.4, -0.2) is 43.1 Å². The number of alkyl halides is 5. The van der Waals surface area contributed by atoms with Gasteiger partial charge in [-0.25, -0.2) is 4.39 Å². The summed E-state index contributed by atoms with van der Waals surface area (Å²) in [5, 5.41) is 0. The normalized spacial score (nSPS) is 12.1. The highest BCUT2D eigenvalue weighted by Crippen LogP contribution is 2.36. The summed E-state index contributed by atoms with van der Waals surface area (Å²) < 4.78 is 79.1. The minimum atomic E-state index is -5.95. The van der Waals surface area contributed by atoms with Crippen molar-refractivity contribution in [3.63, 3.8) is 0 Å². The van der Waals surface area contributed by atoms with E-state index in [-0.39, 0.29) is 17.3 Å². The molecule has 1 amide bonds. The highest BCUT2D eigenvalue weighted by atomic mass is 19.4. The van der Waals surface area contributed by atoms with E-state index in [1.54, 1.807) is 0 Å². The molecule has 0 aliphatic rings. The third-order valence-electron chi connectivity index (χ3n) is 2.48. The zero-order valence-electron chi connectivity index (χ0n) is 10.8. The van der Waals surface area contributed by atoms with Gasteiger partial charge in [0.05, 0.1) is 6.54 Å². The molecule has 1 aromatic carbocycles. The van der Waals surface area contributed by atoms with Gasteiger partial charge >= 0.3 is 18.0 Å². The Bertz CT molecular complexity index is 486. The highest BCUT2D eigenvalue weighted by molar-refractivity contribution is 5.84. The molecule has 1 rings (SSSR count). The molecular weight excluding hydrogens is 304 g/mol. The van der Waals surface area contributed by atoms with Crippen LogP contribution in [0.5, 0.6) is 5.75 Å². The Kier molecular flexibility index (Phi) is 5.08. The largest absolute Gasteiger partial charge is 0.492 e. The van der Waals surface area contributed by atoms with Gasteiger partial charge in [0.1, 0.15) is 18.2 Å². The van der Waals surface area contributed by atoms with Crippen molar-refractivity contribution in [1.82, 2.24) is 4.90 Å². The van der Waals surface area contributed by atoms with Gasteiger partial charge in [0, 0.05) is 7.05 Å². The van der Waals surface area contributed by atoms with Crippen molar-refractivity contribution >= 4 is 5.91 Å². The second-order valence-electron chi connectivity index (χ2n) is 4.10. The van der Waals surface area contributed by atoms with Gasteiger partial charge in [0.2, 0.25) is 0 Å². The van der Waals surface area contributed by atoms with Crippen LogP contribution in [0.4, 0.5) is 26.3 Å². The second-order valence-corrected chi connectivity index (χ2v) is 4.10. The SMILES string of the molecule is CN(CCOc1ccc(F)cc1)C(=O)C(F)(F)C(F)(F)F. The van der Waals surface area contributed by atoms with Crippen molar-refractivity contribution in [2.75, 3.05) is 20.2 Å². The first kappa shape index (κ1) is 17.1. The van der Waals surface area contributed by atoms with Crippen LogP contribution in [0.25, 0.3) is 0 Å². The number of amides is 1. The van der Waals surface area contributed by atoms with E-state index in [2.05, 4.69) is 0 Å². The maximum Gasteiger partial charge on any atom is 0.463 e. The molecule has 0 bridgehead atoms. The molecule has 0 N–H and O–H groups in total. The van der Waals surface area contributed by atoms with E-state index in [4.69, 9.17) is 4.74 Å². The van der Waals surface area contributed by atoms with Gasteiger partial charge in [-0.1, -0.05) is 0 Å². The molecule has 0 atom stereocenters. The van der Waals surface area contributed by atoms with E-state index in [9.17, 15) is 31.1 Å². The van der Waals surface area contributed by atoms with Crippen molar-refractivity contribution in [3.05, 3.63) is 30.1 Å². The Morgan fingerprint density at radius 2 is 1.67 bits per heavy atom. The fourth-order valence-electron chi connectivity index (χ4n) is 1.29. The molecule has 0 unspecified atom stereocenters. The number of benzene rings is 1. The number of likely N-dealkylation sites (N-methyl/N-ethyl adjacent to an activating group) is 1. The summed E-state index contributed by atoms with van der Waals surface area (Å²) >= 11 is 0. The third-order valence-corrected chi connectivity index (χ3v) is 2.48. The van der Waals surface area contributed by atoms with Gasteiger partial charge in [-0.3, -0.25) is 4.79 Å². The van der Waals surface area contributed by atoms with Crippen molar-refractivity contribution < 1.29 is 35.9 Å². The van der Waals surface area contributed by atoms with E-state index in [0.717, 1.165) is 19.2 Å². The van der Waals surface area contributed by atoms with Gasteiger partial charge < -0.3 is 9.64 Å². The molecule has 0 fully saturated rings. The van der Waals surface area contributed by atoms with Crippen LogP contribution in [-0.2, 0) is 4.79 Å². The second kappa shape index (κ2) is 6.23. The molecule has 1 aromatic rings. The van der Waals surface area contributed by atoms with Crippen LogP contribution in [0, 0.1) is 5.82 Å². The third kappa shape index (κ3) is 4.27. The summed E-state index contributed by atoms with van der Waals surface area (Å²) in [5.41, 5.74) is 0. The van der Waals surface area contributed by atoms with E-state index < -0.39 is 30.4 Å². The van der Waals surface area contributed by atoms with Crippen LogP contribution >= 0.6 is 0 Å². The monoisotopic (exact) mass is 315 g/mol. The van der Waals surface area contributed by atoms with Crippen LogP contribution in [0.2, 0.25) is 0 Å². The molecule has 0 saturated heterocycles. The number of hydrogen-bond acceptors (Lipinski definition) is 2. The Morgan fingerprint density at radius 1 is 1.14 bits per heavy atom. The number of carbonyl (C=O) groups is 1. The van der Waals surface area contributed by atoms with E-state index in [0.29, 0.717) is 0 Å². The number of halogens is 6. The van der Waals surface area contributed by atoms with Gasteiger partial charge in [0.25, 0.3) is 0 Å². The summed E-state index contributed by atoms with van der Waals surface area (Å²) in [4.78, 5) is 11.3. The van der Waals surface area contributed by atoms with Crippen LogP contribution in [0.3, 0.4) is 0 Å². The topological polar surface area (TPSA) is 29.5 Å². The Morgan fingerprint density at radius 3 is 2.14 bits per heavy atom. The molecule has 3 nitrogen and oxygen atoms in total. The van der Waals surface area contributed by atoms with Gasteiger partial charge in [-0.05, 0) is 24.3 Å². The molecule has 9 heteroatoms. The zero-order chi connectivity index (χ0) is 16.3. The summed E-state index contributed by atoms with van der Waals surface area (Å²) in [6.07, 6.45) is -5.95. The molecule has 21 heavy (non-hydrogen) atoms. The fraction of sp³-hybridized carbons (Fsp3) is 0.417. The molecule has 118 valence electrons. The highest BCUT2D eigenvalue weighted by Gasteiger charge is 2.64. The smallest absolute Gasteiger partial charge is 0.463 e. The Labute approximate surface area is 116 Å². The quantitative estimate of drug-likeness (QED) is 0.782. The predicted octanol–water partition coefficient (Wildman–Crippen LogP) is 2.86. The number of carbonyl (C=O) groups excluding carboxylic acids is 1. The van der Waals surface area contributed by atoms with E-state index in [1.165, 1.54) is 12.1 Å². The van der Waals surface area contributed by atoms with Crippen LogP contribution in [0.1, 0.15) is 0 Å². The van der Waals surface area contributed by atoms with Crippen molar-refractivity contribution in [3.8, 4) is 5.75 Å². The summed E-state index contributed by atoms with van der Waals surface area (Å²) in [5.74, 6) is -8.13. The maximum atomic E-state index is 12.8. The molecule has 0 radical (unpaired) electrons. The first-order chi connectivity index (χ1) is 9.55. The maximum absolute atomic E-state index is 12.8. The number of nitrogens with zero attached hydrogens (tertiary/aromatic N) is 1. The molecular formula is C12H11F6NO2. The average molecular weight is 315 g/mol. The first-order valence-electron chi connectivity index (χ1n) is 5.64. The van der Waals surface area contributed by atoms with Gasteiger partial charge in [-0.15, -0.1) is 0 Å². The lowest BCUT2D eigenvalue weighted by Gasteiger charge is -2.24. The molecule has 0 spiro atoms. The molecule has 0 aliphatic carbocycles. The van der Waals surface area contributed by atoms with Crippen LogP contribution in [0.15, 0.2) is 24.3 Å². The summed E-state index contributed by atoms with van der Waals surface area (Å²) in [7, 11) is 0.802. The zero-order valence-corrected chi connectivity index (χ0v) is 10.8. The number of hydrogen-bond donors (Lipinski definition) is 0. The van der Waals surface area contributed by atoms with Crippen molar-refractivity contribution in [1.29, 1.82) is 0 Å². The standard InChI is InChI=1S/C12H11F6NO2/c1-19(10(20)11(14,15)12(16,17)18)6-7-21-9-4-2-8(13)3-5-9/h2-5H,6-7H2,1H3. The minimum Gasteiger partial charge on any atom is -0.492 e. The van der Waals surface area contributed by atoms with E-state index in [1.807, 2.05) is 0 Å². The van der Waals surface area contributed by atoms with Crippen molar-refractivity contribution in [2.45, 2.75) is 12.1 Å². The minimum absolute atomic E-state index is 0.194. The lowest BCUT2D eigenvalue weighted by Crippen LogP contribution is -2.51. The van der Waals surface area contributed by atoms with Crippen LogP contribution < -0.4 is 4.74 Å². The number of rotatable bonds is 5. The van der Waals surface area contributed by atoms with Crippen molar-refractivity contribution in [2.24, 2.45) is 0 Å². The fourth-order valence-corrected chi connectivity index (χ4v) is 1.29. The molecule has 0 aliphatic heterocycles. The summed E-state index contributed by atoms with van der Waals surface area (Å²) in [6, 6.07) is 4.67. The van der Waals surface area contributed by atoms with Gasteiger partial charge in [-0.2, -0.15) is 22.0 Å².